The van der Waals surface area contributed by atoms with Crippen molar-refractivity contribution in [2.24, 2.45) is 0 Å². The van der Waals surface area contributed by atoms with E-state index in [4.69, 9.17) is 4.74 Å². The van der Waals surface area contributed by atoms with Crippen molar-refractivity contribution < 1.29 is 9.53 Å². The molecular formula is C21H22N4O2S2. The molecule has 1 unspecified atom stereocenters. The van der Waals surface area contributed by atoms with E-state index in [2.05, 4.69) is 19.6 Å². The van der Waals surface area contributed by atoms with Crippen LogP contribution in [0.4, 0.5) is 5.13 Å². The Hall–Kier alpha value is -2.42. The van der Waals surface area contributed by atoms with Gasteiger partial charge in [0.1, 0.15) is 11.8 Å². The van der Waals surface area contributed by atoms with E-state index in [9.17, 15) is 4.79 Å². The second-order valence-corrected chi connectivity index (χ2v) is 8.58. The van der Waals surface area contributed by atoms with Crippen molar-refractivity contribution in [2.75, 3.05) is 37.0 Å². The average Bonchev–Trinajstić information content (AvgIpc) is 3.24. The maximum Gasteiger partial charge on any atom is 0.248 e. The Morgan fingerprint density at radius 3 is 2.52 bits per heavy atom. The van der Waals surface area contributed by atoms with Gasteiger partial charge in [-0.15, -0.1) is 0 Å². The lowest BCUT2D eigenvalue weighted by molar-refractivity contribution is -0.121. The van der Waals surface area contributed by atoms with Crippen LogP contribution in [0.15, 0.2) is 54.6 Å². The number of carbonyl (C=O) groups excluding carboxylic acids is 1. The number of aromatic nitrogens is 2. The molecule has 1 aliphatic heterocycles. The van der Waals surface area contributed by atoms with Crippen LogP contribution in [0, 0.1) is 0 Å². The van der Waals surface area contributed by atoms with Crippen LogP contribution in [0.5, 0.6) is 5.75 Å². The van der Waals surface area contributed by atoms with Crippen molar-refractivity contribution in [3.8, 4) is 17.1 Å². The highest BCUT2D eigenvalue weighted by atomic mass is 32.2. The fourth-order valence-electron chi connectivity index (χ4n) is 3.30. The van der Waals surface area contributed by atoms with Crippen molar-refractivity contribution in [3.63, 3.8) is 0 Å². The topological polar surface area (TPSA) is 67.3 Å². The van der Waals surface area contributed by atoms with Gasteiger partial charge in [0.05, 0.1) is 7.11 Å². The van der Waals surface area contributed by atoms with Crippen LogP contribution in [0.25, 0.3) is 11.4 Å². The molecule has 2 aromatic carbocycles. The second kappa shape index (κ2) is 9.39. The molecule has 0 saturated carbocycles. The van der Waals surface area contributed by atoms with Crippen LogP contribution in [0.1, 0.15) is 11.6 Å². The number of benzene rings is 2. The first kappa shape index (κ1) is 19.9. The van der Waals surface area contributed by atoms with Gasteiger partial charge in [0.2, 0.25) is 11.0 Å². The van der Waals surface area contributed by atoms with Gasteiger partial charge >= 0.3 is 0 Å². The van der Waals surface area contributed by atoms with E-state index < -0.39 is 0 Å². The lowest BCUT2D eigenvalue weighted by atomic mass is 10.0. The number of anilines is 1. The third-order valence-electron chi connectivity index (χ3n) is 4.78. The summed E-state index contributed by atoms with van der Waals surface area (Å²) in [5.41, 5.74) is 1.88. The number of thioether (sulfide) groups is 1. The number of methoxy groups -OCH3 is 1. The largest absolute Gasteiger partial charge is 0.497 e. The Kier molecular flexibility index (Phi) is 6.43. The summed E-state index contributed by atoms with van der Waals surface area (Å²) in [6.45, 7) is 1.79. The molecule has 0 bridgehead atoms. The molecule has 1 N–H and O–H groups in total. The number of rotatable bonds is 6. The van der Waals surface area contributed by atoms with Gasteiger partial charge in [-0.05, 0) is 29.8 Å². The van der Waals surface area contributed by atoms with Crippen molar-refractivity contribution in [2.45, 2.75) is 6.04 Å². The molecule has 4 rings (SSSR count). The van der Waals surface area contributed by atoms with Gasteiger partial charge in [0, 0.05) is 41.7 Å². The number of nitrogens with zero attached hydrogens (tertiary/aromatic N) is 3. The first-order chi connectivity index (χ1) is 14.2. The highest BCUT2D eigenvalue weighted by molar-refractivity contribution is 7.99. The molecular weight excluding hydrogens is 404 g/mol. The Morgan fingerprint density at radius 2 is 1.83 bits per heavy atom. The second-order valence-electron chi connectivity index (χ2n) is 6.60. The molecule has 1 aliphatic rings. The van der Waals surface area contributed by atoms with Gasteiger partial charge in [-0.3, -0.25) is 15.0 Å². The molecule has 1 amide bonds. The number of amides is 1. The summed E-state index contributed by atoms with van der Waals surface area (Å²) < 4.78 is 9.59. The third-order valence-corrected chi connectivity index (χ3v) is 6.35. The lowest BCUT2D eigenvalue weighted by Crippen LogP contribution is -2.41. The SMILES string of the molecule is COc1ccc(-c2nsc(NC(=O)C(c3ccccc3)N3CCSCC3)n2)cc1. The van der Waals surface area contributed by atoms with E-state index in [-0.39, 0.29) is 11.9 Å². The summed E-state index contributed by atoms with van der Waals surface area (Å²) in [6.07, 6.45) is 0. The van der Waals surface area contributed by atoms with E-state index in [0.717, 1.165) is 41.5 Å². The highest BCUT2D eigenvalue weighted by Crippen LogP contribution is 2.28. The number of hydrogen-bond donors (Lipinski definition) is 1. The predicted octanol–water partition coefficient (Wildman–Crippen LogP) is 3.94. The van der Waals surface area contributed by atoms with E-state index in [0.29, 0.717) is 11.0 Å². The molecule has 2 heterocycles. The zero-order valence-corrected chi connectivity index (χ0v) is 17.7. The van der Waals surface area contributed by atoms with Crippen molar-refractivity contribution in [1.82, 2.24) is 14.3 Å². The van der Waals surface area contributed by atoms with Crippen LogP contribution in [-0.2, 0) is 4.79 Å². The van der Waals surface area contributed by atoms with Crippen LogP contribution in [0.2, 0.25) is 0 Å². The minimum Gasteiger partial charge on any atom is -0.497 e. The average molecular weight is 427 g/mol. The van der Waals surface area contributed by atoms with Gasteiger partial charge in [0.25, 0.3) is 0 Å². The van der Waals surface area contributed by atoms with Gasteiger partial charge in [0.15, 0.2) is 5.82 Å². The summed E-state index contributed by atoms with van der Waals surface area (Å²) in [6, 6.07) is 17.2. The maximum atomic E-state index is 13.2. The summed E-state index contributed by atoms with van der Waals surface area (Å²) in [4.78, 5) is 20.0. The summed E-state index contributed by atoms with van der Waals surface area (Å²) in [7, 11) is 1.63. The number of ether oxygens (including phenoxy) is 1. The summed E-state index contributed by atoms with van der Waals surface area (Å²) >= 11 is 3.12. The Balaban J connectivity index is 1.52. The maximum absolute atomic E-state index is 13.2. The fraction of sp³-hybridized carbons (Fsp3) is 0.286. The number of hydrogen-bond acceptors (Lipinski definition) is 7. The van der Waals surface area contributed by atoms with E-state index in [1.165, 1.54) is 11.5 Å². The zero-order valence-electron chi connectivity index (χ0n) is 16.1. The highest BCUT2D eigenvalue weighted by Gasteiger charge is 2.29. The van der Waals surface area contributed by atoms with Crippen LogP contribution >= 0.6 is 23.3 Å². The van der Waals surface area contributed by atoms with Crippen LogP contribution in [-0.4, -0.2) is 51.9 Å². The molecule has 29 heavy (non-hydrogen) atoms. The van der Waals surface area contributed by atoms with Gasteiger partial charge in [-0.25, -0.2) is 0 Å². The molecule has 6 nitrogen and oxygen atoms in total. The lowest BCUT2D eigenvalue weighted by Gasteiger charge is -2.33. The van der Waals surface area contributed by atoms with Crippen molar-refractivity contribution in [3.05, 3.63) is 60.2 Å². The Bertz CT molecular complexity index is 941. The van der Waals surface area contributed by atoms with Gasteiger partial charge in [-0.2, -0.15) is 21.1 Å². The molecule has 1 atom stereocenters. The minimum absolute atomic E-state index is 0.0690. The quantitative estimate of drug-likeness (QED) is 0.644. The molecule has 3 aromatic rings. The minimum atomic E-state index is -0.328. The third kappa shape index (κ3) is 4.77. The molecule has 0 radical (unpaired) electrons. The molecule has 1 fully saturated rings. The smallest absolute Gasteiger partial charge is 0.248 e. The monoisotopic (exact) mass is 426 g/mol. The zero-order chi connectivity index (χ0) is 20.1. The van der Waals surface area contributed by atoms with Crippen molar-refractivity contribution >= 4 is 34.3 Å². The van der Waals surface area contributed by atoms with E-state index in [1.54, 1.807) is 7.11 Å². The number of nitrogens with one attached hydrogen (secondary N) is 1. The van der Waals surface area contributed by atoms with E-state index in [1.807, 2.05) is 66.4 Å². The van der Waals surface area contributed by atoms with E-state index >= 15 is 0 Å². The van der Waals surface area contributed by atoms with Crippen LogP contribution < -0.4 is 10.1 Å². The first-order valence-electron chi connectivity index (χ1n) is 9.40. The van der Waals surface area contributed by atoms with Crippen LogP contribution in [0.3, 0.4) is 0 Å². The van der Waals surface area contributed by atoms with Gasteiger partial charge < -0.3 is 4.74 Å². The molecule has 1 saturated heterocycles. The first-order valence-corrected chi connectivity index (χ1v) is 11.3. The standard InChI is InChI=1S/C21H22N4O2S2/c1-27-17-9-7-16(8-10-17)19-22-21(29-24-19)23-20(26)18(15-5-3-2-4-6-15)25-11-13-28-14-12-25/h2-10,18H,11-14H2,1H3,(H,22,23,24,26). The van der Waals surface area contributed by atoms with Crippen molar-refractivity contribution in [1.29, 1.82) is 0 Å². The molecule has 1 aromatic heterocycles. The summed E-state index contributed by atoms with van der Waals surface area (Å²) in [5.74, 6) is 3.38. The Morgan fingerprint density at radius 1 is 1.10 bits per heavy atom. The summed E-state index contributed by atoms with van der Waals surface area (Å²) in [5, 5.41) is 3.49. The molecule has 8 heteroatoms. The Labute approximate surface area is 178 Å². The molecule has 150 valence electrons. The normalized spacial score (nSPS) is 15.6. The number of carbonyl (C=O) groups is 1. The van der Waals surface area contributed by atoms with Gasteiger partial charge in [-0.1, -0.05) is 30.3 Å². The predicted molar refractivity (Wildman–Crippen MR) is 119 cm³/mol. The molecule has 0 aliphatic carbocycles. The molecule has 0 spiro atoms. The fourth-order valence-corrected chi connectivity index (χ4v) is 4.83.